The van der Waals surface area contributed by atoms with Crippen molar-refractivity contribution in [1.29, 1.82) is 0 Å². The summed E-state index contributed by atoms with van der Waals surface area (Å²) in [6.07, 6.45) is 0.284. The molecule has 0 bridgehead atoms. The maximum atomic E-state index is 11.0. The van der Waals surface area contributed by atoms with Gasteiger partial charge in [0.15, 0.2) is 0 Å². The average molecular weight is 279 g/mol. The summed E-state index contributed by atoms with van der Waals surface area (Å²) in [4.78, 5) is 11.0. The smallest absolute Gasteiger partial charge is 0.320 e. The van der Waals surface area contributed by atoms with E-state index in [1.165, 1.54) is 0 Å². The molecular weight excluding hydrogens is 254 g/mol. The van der Waals surface area contributed by atoms with E-state index in [0.717, 1.165) is 22.4 Å². The van der Waals surface area contributed by atoms with Gasteiger partial charge in [-0.05, 0) is 28.5 Å². The summed E-state index contributed by atoms with van der Waals surface area (Å²) < 4.78 is 5.56. The summed E-state index contributed by atoms with van der Waals surface area (Å²) in [7, 11) is 1.63. The van der Waals surface area contributed by atoms with Crippen molar-refractivity contribution < 1.29 is 14.6 Å². The minimum Gasteiger partial charge on any atom is -0.496 e. The van der Waals surface area contributed by atoms with Crippen LogP contribution in [0, 0.1) is 0 Å². The molecule has 0 aliphatic heterocycles. The van der Waals surface area contributed by atoms with E-state index in [9.17, 15) is 4.79 Å². The monoisotopic (exact) mass is 279 g/mol. The van der Waals surface area contributed by atoms with Crippen molar-refractivity contribution in [1.82, 2.24) is 0 Å². The number of benzene rings is 1. The predicted octanol–water partition coefficient (Wildman–Crippen LogP) is 2.90. The van der Waals surface area contributed by atoms with Crippen LogP contribution in [-0.4, -0.2) is 24.2 Å². The Kier molecular flexibility index (Phi) is 5.57. The van der Waals surface area contributed by atoms with Gasteiger partial charge >= 0.3 is 5.97 Å². The molecule has 1 aromatic carbocycles. The molecule has 0 aliphatic rings. The van der Waals surface area contributed by atoms with Gasteiger partial charge in [0.25, 0.3) is 0 Å². The van der Waals surface area contributed by atoms with Crippen LogP contribution in [0.15, 0.2) is 12.1 Å². The number of rotatable bonds is 6. The molecule has 0 aromatic heterocycles. The molecule has 0 saturated carbocycles. The Balaban J connectivity index is 3.40. The molecule has 1 aromatic rings. The van der Waals surface area contributed by atoms with E-state index >= 15 is 0 Å². The van der Waals surface area contributed by atoms with Crippen LogP contribution in [-0.2, 0) is 11.2 Å². The Morgan fingerprint density at radius 2 is 1.70 bits per heavy atom. The fourth-order valence-electron chi connectivity index (χ4n) is 2.42. The molecule has 4 nitrogen and oxygen atoms in total. The molecule has 112 valence electrons. The van der Waals surface area contributed by atoms with E-state index in [0.29, 0.717) is 11.8 Å². The van der Waals surface area contributed by atoms with Gasteiger partial charge in [0.1, 0.15) is 11.8 Å². The summed E-state index contributed by atoms with van der Waals surface area (Å²) in [6.45, 7) is 8.35. The molecule has 0 amide bonds. The highest BCUT2D eigenvalue weighted by Gasteiger charge is 2.22. The topological polar surface area (TPSA) is 72.5 Å². The van der Waals surface area contributed by atoms with Crippen molar-refractivity contribution in [2.45, 2.75) is 52.0 Å². The molecular formula is C16H25NO3. The van der Waals surface area contributed by atoms with Gasteiger partial charge in [-0.2, -0.15) is 0 Å². The second kappa shape index (κ2) is 6.75. The van der Waals surface area contributed by atoms with E-state index in [-0.39, 0.29) is 6.42 Å². The van der Waals surface area contributed by atoms with Crippen molar-refractivity contribution >= 4 is 5.97 Å². The predicted molar refractivity (Wildman–Crippen MR) is 80.5 cm³/mol. The van der Waals surface area contributed by atoms with E-state index in [2.05, 4.69) is 39.8 Å². The summed E-state index contributed by atoms with van der Waals surface area (Å²) in [6, 6.07) is 3.21. The number of nitrogens with two attached hydrogens (primary N) is 1. The number of carboxylic acids is 1. The van der Waals surface area contributed by atoms with Crippen LogP contribution in [0.3, 0.4) is 0 Å². The summed E-state index contributed by atoms with van der Waals surface area (Å²) in [5.74, 6) is 0.395. The fraction of sp³-hybridized carbons (Fsp3) is 0.562. The second-order valence-corrected chi connectivity index (χ2v) is 5.71. The van der Waals surface area contributed by atoms with Gasteiger partial charge in [0, 0.05) is 6.42 Å². The summed E-state index contributed by atoms with van der Waals surface area (Å²) >= 11 is 0. The third-order valence-corrected chi connectivity index (χ3v) is 3.52. The Morgan fingerprint density at radius 1 is 1.20 bits per heavy atom. The normalized spacial score (nSPS) is 12.8. The number of hydrogen-bond donors (Lipinski definition) is 2. The van der Waals surface area contributed by atoms with Crippen LogP contribution >= 0.6 is 0 Å². The Bertz CT molecular complexity index is 481. The first-order valence-electron chi connectivity index (χ1n) is 6.97. The van der Waals surface area contributed by atoms with E-state index in [1.54, 1.807) is 7.11 Å². The summed E-state index contributed by atoms with van der Waals surface area (Å²) in [5, 5.41) is 9.05. The quantitative estimate of drug-likeness (QED) is 0.839. The maximum Gasteiger partial charge on any atom is 0.320 e. The Labute approximate surface area is 120 Å². The van der Waals surface area contributed by atoms with Gasteiger partial charge in [0.05, 0.1) is 7.11 Å². The number of carboxylic acid groups (broad SMARTS) is 1. The maximum absolute atomic E-state index is 11.0. The van der Waals surface area contributed by atoms with Gasteiger partial charge in [-0.15, -0.1) is 0 Å². The van der Waals surface area contributed by atoms with Crippen molar-refractivity contribution in [2.24, 2.45) is 5.73 Å². The molecule has 0 spiro atoms. The molecule has 0 heterocycles. The fourth-order valence-corrected chi connectivity index (χ4v) is 2.42. The molecule has 1 unspecified atom stereocenters. The van der Waals surface area contributed by atoms with E-state index in [1.807, 2.05) is 0 Å². The van der Waals surface area contributed by atoms with Gasteiger partial charge in [-0.3, -0.25) is 4.79 Å². The molecule has 1 atom stereocenters. The largest absolute Gasteiger partial charge is 0.496 e. The molecule has 0 radical (unpaired) electrons. The average Bonchev–Trinajstić information content (AvgIpc) is 2.37. The zero-order valence-electron chi connectivity index (χ0n) is 12.9. The van der Waals surface area contributed by atoms with Crippen LogP contribution in [0.2, 0.25) is 0 Å². The van der Waals surface area contributed by atoms with Gasteiger partial charge in [-0.25, -0.2) is 0 Å². The van der Waals surface area contributed by atoms with Gasteiger partial charge in [0.2, 0.25) is 0 Å². The van der Waals surface area contributed by atoms with E-state index in [4.69, 9.17) is 15.6 Å². The first kappa shape index (κ1) is 16.5. The number of methoxy groups -OCH3 is 1. The molecule has 0 aliphatic carbocycles. The first-order chi connectivity index (χ1) is 9.29. The van der Waals surface area contributed by atoms with Gasteiger partial charge < -0.3 is 15.6 Å². The molecule has 0 fully saturated rings. The van der Waals surface area contributed by atoms with Crippen LogP contribution in [0.25, 0.3) is 0 Å². The zero-order chi connectivity index (χ0) is 15.4. The standard InChI is InChI=1S/C16H25NO3/c1-9(2)11-6-7-12(10(3)4)15(20-5)13(11)8-14(17)16(18)19/h6-7,9-10,14H,8,17H2,1-5H3,(H,18,19). The Hall–Kier alpha value is -1.55. The van der Waals surface area contributed by atoms with Crippen molar-refractivity contribution in [3.8, 4) is 5.75 Å². The molecule has 0 saturated heterocycles. The highest BCUT2D eigenvalue weighted by Crippen LogP contribution is 2.36. The SMILES string of the molecule is COc1c(C(C)C)ccc(C(C)C)c1CC(N)C(=O)O. The van der Waals surface area contributed by atoms with Gasteiger partial charge in [-0.1, -0.05) is 39.8 Å². The lowest BCUT2D eigenvalue weighted by Gasteiger charge is -2.22. The molecule has 3 N–H and O–H groups in total. The third kappa shape index (κ3) is 3.51. The number of hydrogen-bond acceptors (Lipinski definition) is 3. The first-order valence-corrected chi connectivity index (χ1v) is 6.97. The third-order valence-electron chi connectivity index (χ3n) is 3.52. The minimum absolute atomic E-state index is 0.284. The van der Waals surface area contributed by atoms with Crippen LogP contribution in [0.4, 0.5) is 0 Å². The Morgan fingerprint density at radius 3 is 2.10 bits per heavy atom. The lowest BCUT2D eigenvalue weighted by Crippen LogP contribution is -2.33. The highest BCUT2D eigenvalue weighted by molar-refractivity contribution is 5.74. The lowest BCUT2D eigenvalue weighted by atomic mass is 9.88. The minimum atomic E-state index is -0.989. The molecule has 4 heteroatoms. The number of aliphatic carboxylic acids is 1. The second-order valence-electron chi connectivity index (χ2n) is 5.71. The van der Waals surface area contributed by atoms with E-state index < -0.39 is 12.0 Å². The van der Waals surface area contributed by atoms with Crippen LogP contribution in [0.1, 0.15) is 56.2 Å². The molecule has 1 rings (SSSR count). The zero-order valence-corrected chi connectivity index (χ0v) is 12.9. The van der Waals surface area contributed by atoms with Crippen LogP contribution < -0.4 is 10.5 Å². The molecule has 20 heavy (non-hydrogen) atoms. The van der Waals surface area contributed by atoms with Crippen LogP contribution in [0.5, 0.6) is 5.75 Å². The highest BCUT2D eigenvalue weighted by atomic mass is 16.5. The number of ether oxygens (including phenoxy) is 1. The van der Waals surface area contributed by atoms with Crippen molar-refractivity contribution in [3.63, 3.8) is 0 Å². The number of carbonyl (C=O) groups is 1. The van der Waals surface area contributed by atoms with Crippen molar-refractivity contribution in [3.05, 3.63) is 28.8 Å². The van der Waals surface area contributed by atoms with Crippen molar-refractivity contribution in [2.75, 3.05) is 7.11 Å². The summed E-state index contributed by atoms with van der Waals surface area (Å²) in [5.41, 5.74) is 8.82. The lowest BCUT2D eigenvalue weighted by molar-refractivity contribution is -0.138.